The predicted octanol–water partition coefficient (Wildman–Crippen LogP) is 1.80. The van der Waals surface area contributed by atoms with Crippen molar-refractivity contribution in [1.29, 1.82) is 0 Å². The standard InChI is InChI=1S/C13H19NO2/c1-11-4-6-12(7-5-11)8-14-9-13(10-14,15-2)16-3/h4-7H,8-10H2,1-3H3. The molecule has 0 radical (unpaired) electrons. The highest BCUT2D eigenvalue weighted by atomic mass is 16.7. The Morgan fingerprint density at radius 3 is 2.19 bits per heavy atom. The molecule has 3 heteroatoms. The first-order valence-electron chi connectivity index (χ1n) is 5.56. The molecule has 1 fully saturated rings. The van der Waals surface area contributed by atoms with Crippen molar-refractivity contribution in [2.75, 3.05) is 27.3 Å². The number of ether oxygens (including phenoxy) is 2. The Balaban J connectivity index is 1.87. The Bertz CT molecular complexity index is 335. The summed E-state index contributed by atoms with van der Waals surface area (Å²) in [5.41, 5.74) is 2.64. The molecule has 0 aromatic heterocycles. The molecule has 0 atom stereocenters. The molecular formula is C13H19NO2. The van der Waals surface area contributed by atoms with Crippen LogP contribution in [-0.2, 0) is 16.0 Å². The monoisotopic (exact) mass is 221 g/mol. The van der Waals surface area contributed by atoms with Crippen LogP contribution in [0, 0.1) is 6.92 Å². The second-order valence-electron chi connectivity index (χ2n) is 4.45. The molecule has 1 aliphatic heterocycles. The van der Waals surface area contributed by atoms with Gasteiger partial charge in [0.15, 0.2) is 5.79 Å². The van der Waals surface area contributed by atoms with Crippen molar-refractivity contribution in [1.82, 2.24) is 4.90 Å². The van der Waals surface area contributed by atoms with Crippen LogP contribution in [0.5, 0.6) is 0 Å². The molecule has 3 nitrogen and oxygen atoms in total. The van der Waals surface area contributed by atoms with E-state index in [1.54, 1.807) is 14.2 Å². The highest BCUT2D eigenvalue weighted by molar-refractivity contribution is 5.21. The molecule has 88 valence electrons. The number of rotatable bonds is 4. The fraction of sp³-hybridized carbons (Fsp3) is 0.538. The number of hydrogen-bond acceptors (Lipinski definition) is 3. The molecular weight excluding hydrogens is 202 g/mol. The Morgan fingerprint density at radius 2 is 1.69 bits per heavy atom. The molecule has 16 heavy (non-hydrogen) atoms. The lowest BCUT2D eigenvalue weighted by molar-refractivity contribution is -0.277. The fourth-order valence-electron chi connectivity index (χ4n) is 2.04. The van der Waals surface area contributed by atoms with E-state index in [1.807, 2.05) is 0 Å². The molecule has 0 aliphatic carbocycles. The van der Waals surface area contributed by atoms with Crippen molar-refractivity contribution >= 4 is 0 Å². The largest absolute Gasteiger partial charge is 0.351 e. The van der Waals surface area contributed by atoms with Gasteiger partial charge in [0.05, 0.1) is 13.1 Å². The molecule has 0 N–H and O–H groups in total. The van der Waals surface area contributed by atoms with E-state index >= 15 is 0 Å². The third kappa shape index (κ3) is 2.26. The average Bonchev–Trinajstić information content (AvgIpc) is 2.26. The van der Waals surface area contributed by atoms with Gasteiger partial charge >= 0.3 is 0 Å². The van der Waals surface area contributed by atoms with Gasteiger partial charge in [0.1, 0.15) is 0 Å². The molecule has 1 aliphatic rings. The van der Waals surface area contributed by atoms with Crippen LogP contribution in [0.4, 0.5) is 0 Å². The van der Waals surface area contributed by atoms with Crippen molar-refractivity contribution in [3.05, 3.63) is 35.4 Å². The van der Waals surface area contributed by atoms with Crippen molar-refractivity contribution in [2.24, 2.45) is 0 Å². The summed E-state index contributed by atoms with van der Waals surface area (Å²) in [5.74, 6) is -0.370. The molecule has 0 saturated carbocycles. The van der Waals surface area contributed by atoms with E-state index in [9.17, 15) is 0 Å². The summed E-state index contributed by atoms with van der Waals surface area (Å²) in [5, 5.41) is 0. The smallest absolute Gasteiger partial charge is 0.193 e. The zero-order chi connectivity index (χ0) is 11.6. The third-order valence-electron chi connectivity index (χ3n) is 3.20. The van der Waals surface area contributed by atoms with Crippen LogP contribution in [0.15, 0.2) is 24.3 Å². The minimum Gasteiger partial charge on any atom is -0.351 e. The molecule has 0 amide bonds. The van der Waals surface area contributed by atoms with Crippen LogP contribution in [0.3, 0.4) is 0 Å². The maximum atomic E-state index is 5.35. The molecule has 1 heterocycles. The highest BCUT2D eigenvalue weighted by Gasteiger charge is 2.43. The summed E-state index contributed by atoms with van der Waals surface area (Å²) in [7, 11) is 3.40. The maximum Gasteiger partial charge on any atom is 0.193 e. The zero-order valence-electron chi connectivity index (χ0n) is 10.2. The minimum atomic E-state index is -0.370. The van der Waals surface area contributed by atoms with Gasteiger partial charge in [-0.3, -0.25) is 4.90 Å². The van der Waals surface area contributed by atoms with Gasteiger partial charge in [-0.05, 0) is 12.5 Å². The highest BCUT2D eigenvalue weighted by Crippen LogP contribution is 2.26. The van der Waals surface area contributed by atoms with Crippen LogP contribution in [-0.4, -0.2) is 38.0 Å². The summed E-state index contributed by atoms with van der Waals surface area (Å²) in [6.45, 7) is 4.75. The first-order chi connectivity index (χ1) is 7.67. The van der Waals surface area contributed by atoms with E-state index in [2.05, 4.69) is 36.1 Å². The second kappa shape index (κ2) is 4.53. The topological polar surface area (TPSA) is 21.7 Å². The van der Waals surface area contributed by atoms with Crippen molar-refractivity contribution in [3.8, 4) is 0 Å². The molecule has 1 saturated heterocycles. The minimum absolute atomic E-state index is 0.370. The maximum absolute atomic E-state index is 5.35. The molecule has 0 spiro atoms. The van der Waals surface area contributed by atoms with Crippen LogP contribution in [0.25, 0.3) is 0 Å². The molecule has 1 aromatic carbocycles. The van der Waals surface area contributed by atoms with Gasteiger partial charge in [-0.25, -0.2) is 0 Å². The summed E-state index contributed by atoms with van der Waals surface area (Å²) in [6.07, 6.45) is 0. The van der Waals surface area contributed by atoms with E-state index < -0.39 is 0 Å². The van der Waals surface area contributed by atoms with E-state index in [0.29, 0.717) is 0 Å². The first-order valence-corrected chi connectivity index (χ1v) is 5.56. The second-order valence-corrected chi connectivity index (χ2v) is 4.45. The van der Waals surface area contributed by atoms with E-state index in [1.165, 1.54) is 11.1 Å². The number of hydrogen-bond donors (Lipinski definition) is 0. The van der Waals surface area contributed by atoms with Gasteiger partial charge in [-0.1, -0.05) is 29.8 Å². The SMILES string of the molecule is COC1(OC)CN(Cc2ccc(C)cc2)C1. The number of benzene rings is 1. The fourth-order valence-corrected chi connectivity index (χ4v) is 2.04. The Kier molecular flexibility index (Phi) is 3.28. The van der Waals surface area contributed by atoms with Gasteiger partial charge in [0, 0.05) is 20.8 Å². The molecule has 0 bridgehead atoms. The quantitative estimate of drug-likeness (QED) is 0.724. The van der Waals surface area contributed by atoms with Gasteiger partial charge in [0.25, 0.3) is 0 Å². The lowest BCUT2D eigenvalue weighted by atomic mass is 10.1. The molecule has 2 rings (SSSR count). The normalized spacial score (nSPS) is 19.4. The molecule has 0 unspecified atom stereocenters. The van der Waals surface area contributed by atoms with Crippen LogP contribution >= 0.6 is 0 Å². The van der Waals surface area contributed by atoms with E-state index in [4.69, 9.17) is 9.47 Å². The lowest BCUT2D eigenvalue weighted by Crippen LogP contribution is -2.63. The van der Waals surface area contributed by atoms with Crippen molar-refractivity contribution < 1.29 is 9.47 Å². The summed E-state index contributed by atoms with van der Waals surface area (Å²) >= 11 is 0. The van der Waals surface area contributed by atoms with Gasteiger partial charge in [-0.2, -0.15) is 0 Å². The van der Waals surface area contributed by atoms with Crippen LogP contribution in [0.1, 0.15) is 11.1 Å². The number of nitrogens with zero attached hydrogens (tertiary/aromatic N) is 1. The van der Waals surface area contributed by atoms with E-state index in [-0.39, 0.29) is 5.79 Å². The zero-order valence-corrected chi connectivity index (χ0v) is 10.2. The number of aryl methyl sites for hydroxylation is 1. The van der Waals surface area contributed by atoms with E-state index in [0.717, 1.165) is 19.6 Å². The average molecular weight is 221 g/mol. The van der Waals surface area contributed by atoms with Crippen LogP contribution in [0.2, 0.25) is 0 Å². The summed E-state index contributed by atoms with van der Waals surface area (Å²) in [6, 6.07) is 8.65. The first kappa shape index (κ1) is 11.6. The predicted molar refractivity (Wildman–Crippen MR) is 63.2 cm³/mol. The summed E-state index contributed by atoms with van der Waals surface area (Å²) < 4.78 is 10.7. The molecule has 1 aromatic rings. The van der Waals surface area contributed by atoms with Gasteiger partial charge in [0.2, 0.25) is 0 Å². The third-order valence-corrected chi connectivity index (χ3v) is 3.20. The van der Waals surface area contributed by atoms with Crippen molar-refractivity contribution in [2.45, 2.75) is 19.3 Å². The Labute approximate surface area is 97.0 Å². The Hall–Kier alpha value is -0.900. The van der Waals surface area contributed by atoms with Gasteiger partial charge < -0.3 is 9.47 Å². The van der Waals surface area contributed by atoms with Crippen LogP contribution < -0.4 is 0 Å². The van der Waals surface area contributed by atoms with Gasteiger partial charge in [-0.15, -0.1) is 0 Å². The Morgan fingerprint density at radius 1 is 1.12 bits per heavy atom. The van der Waals surface area contributed by atoms with Crippen molar-refractivity contribution in [3.63, 3.8) is 0 Å². The lowest BCUT2D eigenvalue weighted by Gasteiger charge is -2.47. The number of methoxy groups -OCH3 is 2. The number of likely N-dealkylation sites (tertiary alicyclic amines) is 1. The summed E-state index contributed by atoms with van der Waals surface area (Å²) in [4.78, 5) is 2.32.